The zero-order chi connectivity index (χ0) is 17.7. The maximum absolute atomic E-state index is 12.0. The molecular weight excluding hydrogens is 306 g/mol. The van der Waals surface area contributed by atoms with Crippen molar-refractivity contribution < 1.29 is 24.4 Å². The Morgan fingerprint density at radius 2 is 2.04 bits per heavy atom. The Kier molecular flexibility index (Phi) is 6.00. The van der Waals surface area contributed by atoms with Gasteiger partial charge in [-0.25, -0.2) is 14.6 Å². The Hall–Kier alpha value is -2.71. The van der Waals surface area contributed by atoms with Crippen molar-refractivity contribution >= 4 is 23.4 Å². The molecule has 0 spiro atoms. The Labute approximate surface area is 133 Å². The first-order valence-corrected chi connectivity index (χ1v) is 7.03. The standard InChI is InChI=1S/C14H19N3O6/c1-5-23-14(20)9(4)16(8(2)3)12-11(17(21)22)6-10(7-15-12)13(18)19/h6-9H,5H2,1-4H3,(H,18,19)/t9-/m0/s1. The third-order valence-corrected chi connectivity index (χ3v) is 3.14. The second-order valence-corrected chi connectivity index (χ2v) is 5.06. The lowest BCUT2D eigenvalue weighted by Gasteiger charge is -2.31. The average Bonchev–Trinajstić information content (AvgIpc) is 2.46. The Morgan fingerprint density at radius 1 is 1.43 bits per heavy atom. The minimum Gasteiger partial charge on any atom is -0.478 e. The molecule has 23 heavy (non-hydrogen) atoms. The monoisotopic (exact) mass is 325 g/mol. The summed E-state index contributed by atoms with van der Waals surface area (Å²) >= 11 is 0. The van der Waals surface area contributed by atoms with E-state index in [2.05, 4.69) is 4.98 Å². The highest BCUT2D eigenvalue weighted by atomic mass is 16.6. The van der Waals surface area contributed by atoms with E-state index in [0.717, 1.165) is 12.3 Å². The largest absolute Gasteiger partial charge is 0.478 e. The summed E-state index contributed by atoms with van der Waals surface area (Å²) in [6.07, 6.45) is 1.03. The zero-order valence-corrected chi connectivity index (χ0v) is 13.3. The smallest absolute Gasteiger partial charge is 0.337 e. The second kappa shape index (κ2) is 7.52. The van der Waals surface area contributed by atoms with E-state index in [4.69, 9.17) is 9.84 Å². The van der Waals surface area contributed by atoms with E-state index in [9.17, 15) is 19.7 Å². The minimum absolute atomic E-state index is 0.0736. The number of carbonyl (C=O) groups excluding carboxylic acids is 1. The Bertz CT molecular complexity index is 617. The van der Waals surface area contributed by atoms with Crippen LogP contribution in [0.5, 0.6) is 0 Å². The molecule has 1 atom stereocenters. The summed E-state index contributed by atoms with van der Waals surface area (Å²) in [5.41, 5.74) is -0.775. The fourth-order valence-corrected chi connectivity index (χ4v) is 2.15. The number of rotatable bonds is 7. The van der Waals surface area contributed by atoms with Crippen molar-refractivity contribution in [1.29, 1.82) is 0 Å². The number of anilines is 1. The van der Waals surface area contributed by atoms with Crippen LogP contribution >= 0.6 is 0 Å². The topological polar surface area (TPSA) is 123 Å². The summed E-state index contributed by atoms with van der Waals surface area (Å²) in [5.74, 6) is -1.93. The molecule has 1 heterocycles. The van der Waals surface area contributed by atoms with Crippen molar-refractivity contribution in [2.24, 2.45) is 0 Å². The van der Waals surface area contributed by atoms with E-state index in [1.165, 1.54) is 4.90 Å². The van der Waals surface area contributed by atoms with E-state index in [0.29, 0.717) is 0 Å². The molecule has 0 fully saturated rings. The van der Waals surface area contributed by atoms with E-state index in [1.807, 2.05) is 0 Å². The first-order chi connectivity index (χ1) is 10.7. The van der Waals surface area contributed by atoms with Gasteiger partial charge in [0, 0.05) is 18.3 Å². The molecule has 9 nitrogen and oxygen atoms in total. The summed E-state index contributed by atoms with van der Waals surface area (Å²) in [7, 11) is 0. The number of nitro groups is 1. The van der Waals surface area contributed by atoms with Crippen LogP contribution in [0.25, 0.3) is 0 Å². The van der Waals surface area contributed by atoms with Crippen molar-refractivity contribution in [1.82, 2.24) is 4.98 Å². The summed E-state index contributed by atoms with van der Waals surface area (Å²) in [6.45, 7) is 6.88. The van der Waals surface area contributed by atoms with Gasteiger partial charge in [0.2, 0.25) is 5.82 Å². The van der Waals surface area contributed by atoms with Gasteiger partial charge in [-0.3, -0.25) is 10.1 Å². The lowest BCUT2D eigenvalue weighted by Crippen LogP contribution is -2.45. The summed E-state index contributed by atoms with van der Waals surface area (Å²) in [5, 5.41) is 20.2. The number of hydrogen-bond donors (Lipinski definition) is 1. The van der Waals surface area contributed by atoms with E-state index >= 15 is 0 Å². The Balaban J connectivity index is 3.40. The second-order valence-electron chi connectivity index (χ2n) is 5.06. The van der Waals surface area contributed by atoms with Gasteiger partial charge in [0.25, 0.3) is 0 Å². The maximum atomic E-state index is 12.0. The summed E-state index contributed by atoms with van der Waals surface area (Å²) in [4.78, 5) is 38.8. The first kappa shape index (κ1) is 18.3. The van der Waals surface area contributed by atoms with Gasteiger partial charge in [-0.2, -0.15) is 0 Å². The van der Waals surface area contributed by atoms with Crippen molar-refractivity contribution in [3.8, 4) is 0 Å². The molecule has 1 N–H and O–H groups in total. The van der Waals surface area contributed by atoms with Crippen LogP contribution in [0.3, 0.4) is 0 Å². The average molecular weight is 325 g/mol. The van der Waals surface area contributed by atoms with Crippen molar-refractivity contribution in [2.75, 3.05) is 11.5 Å². The van der Waals surface area contributed by atoms with Crippen LogP contribution in [0, 0.1) is 10.1 Å². The minimum atomic E-state index is -1.32. The van der Waals surface area contributed by atoms with Gasteiger partial charge in [0.05, 0.1) is 17.1 Å². The van der Waals surface area contributed by atoms with Crippen LogP contribution in [0.1, 0.15) is 38.1 Å². The van der Waals surface area contributed by atoms with Crippen LogP contribution in [-0.4, -0.2) is 45.6 Å². The van der Waals surface area contributed by atoms with Gasteiger partial charge in [-0.05, 0) is 27.7 Å². The number of hydrogen-bond acceptors (Lipinski definition) is 7. The van der Waals surface area contributed by atoms with Gasteiger partial charge in [0.1, 0.15) is 6.04 Å². The number of aromatic carboxylic acids is 1. The van der Waals surface area contributed by atoms with Crippen molar-refractivity contribution in [3.63, 3.8) is 0 Å². The number of pyridine rings is 1. The van der Waals surface area contributed by atoms with Crippen LogP contribution in [0.15, 0.2) is 12.3 Å². The summed E-state index contributed by atoms with van der Waals surface area (Å²) in [6, 6.07) is -0.175. The number of aromatic nitrogens is 1. The molecule has 0 radical (unpaired) electrons. The molecule has 0 aliphatic carbocycles. The van der Waals surface area contributed by atoms with Gasteiger partial charge >= 0.3 is 17.6 Å². The van der Waals surface area contributed by atoms with Crippen LogP contribution in [0.4, 0.5) is 11.5 Å². The zero-order valence-electron chi connectivity index (χ0n) is 13.3. The highest BCUT2D eigenvalue weighted by Crippen LogP contribution is 2.30. The summed E-state index contributed by atoms with van der Waals surface area (Å²) < 4.78 is 4.95. The molecule has 0 amide bonds. The molecule has 0 aromatic carbocycles. The molecule has 1 aromatic heterocycles. The molecule has 0 aliphatic rings. The quantitative estimate of drug-likeness (QED) is 0.458. The number of ether oxygens (including phenoxy) is 1. The highest BCUT2D eigenvalue weighted by Gasteiger charge is 2.32. The molecule has 1 rings (SSSR count). The van der Waals surface area contributed by atoms with Crippen LogP contribution in [0.2, 0.25) is 0 Å². The first-order valence-electron chi connectivity index (χ1n) is 7.03. The fourth-order valence-electron chi connectivity index (χ4n) is 2.15. The molecule has 1 aromatic rings. The number of nitrogens with zero attached hydrogens (tertiary/aromatic N) is 3. The van der Waals surface area contributed by atoms with Crippen molar-refractivity contribution in [2.45, 2.75) is 39.8 Å². The number of carboxylic acids is 1. The highest BCUT2D eigenvalue weighted by molar-refractivity contribution is 5.89. The lowest BCUT2D eigenvalue weighted by atomic mass is 10.1. The molecule has 0 aliphatic heterocycles. The Morgan fingerprint density at radius 3 is 2.48 bits per heavy atom. The molecular formula is C14H19N3O6. The predicted molar refractivity (Wildman–Crippen MR) is 81.6 cm³/mol. The molecule has 0 bridgehead atoms. The van der Waals surface area contributed by atoms with Crippen LogP contribution < -0.4 is 4.90 Å². The lowest BCUT2D eigenvalue weighted by molar-refractivity contribution is -0.384. The van der Waals surface area contributed by atoms with E-state index < -0.39 is 28.6 Å². The van der Waals surface area contributed by atoms with Crippen LogP contribution in [-0.2, 0) is 9.53 Å². The molecule has 0 saturated heterocycles. The molecule has 126 valence electrons. The van der Waals surface area contributed by atoms with E-state index in [1.54, 1.807) is 27.7 Å². The predicted octanol–water partition coefficient (Wildman–Crippen LogP) is 1.85. The third-order valence-electron chi connectivity index (χ3n) is 3.14. The molecule has 0 unspecified atom stereocenters. The third kappa shape index (κ3) is 4.15. The normalized spacial score (nSPS) is 11.9. The SMILES string of the molecule is CCOC(=O)[C@H](C)N(c1ncc(C(=O)O)cc1[N+](=O)[O-])C(C)C. The maximum Gasteiger partial charge on any atom is 0.337 e. The van der Waals surface area contributed by atoms with Gasteiger partial charge in [-0.15, -0.1) is 0 Å². The number of esters is 1. The van der Waals surface area contributed by atoms with Crippen molar-refractivity contribution in [3.05, 3.63) is 27.9 Å². The van der Waals surface area contributed by atoms with Gasteiger partial charge in [0.15, 0.2) is 0 Å². The van der Waals surface area contributed by atoms with Gasteiger partial charge in [-0.1, -0.05) is 0 Å². The fraction of sp³-hybridized carbons (Fsp3) is 0.500. The number of carboxylic acid groups (broad SMARTS) is 1. The number of carbonyl (C=O) groups is 2. The molecule has 9 heteroatoms. The van der Waals surface area contributed by atoms with E-state index in [-0.39, 0.29) is 24.0 Å². The molecule has 0 saturated carbocycles. The van der Waals surface area contributed by atoms with Gasteiger partial charge < -0.3 is 14.7 Å².